The summed E-state index contributed by atoms with van der Waals surface area (Å²) in [6, 6.07) is 9.73. The Hall–Kier alpha value is -3.72. The number of primary amides is 1. The van der Waals surface area contributed by atoms with E-state index < -0.39 is 24.4 Å². The zero-order valence-electron chi connectivity index (χ0n) is 20.0. The van der Waals surface area contributed by atoms with Crippen molar-refractivity contribution in [3.8, 4) is 0 Å². The summed E-state index contributed by atoms with van der Waals surface area (Å²) < 4.78 is 1.56. The molecule has 9 nitrogen and oxygen atoms in total. The topological polar surface area (TPSA) is 143 Å². The molecule has 1 amide bonds. The monoisotopic (exact) mass is 477 g/mol. The number of carboxylic acid groups (broad SMARTS) is 1. The van der Waals surface area contributed by atoms with Crippen LogP contribution in [0.3, 0.4) is 0 Å². The second-order valence-corrected chi connectivity index (χ2v) is 9.04. The molecule has 5 N–H and O–H groups in total. The van der Waals surface area contributed by atoms with Crippen LogP contribution in [0.4, 0.5) is 5.82 Å². The van der Waals surface area contributed by atoms with Gasteiger partial charge in [-0.15, -0.1) is 0 Å². The van der Waals surface area contributed by atoms with Gasteiger partial charge in [-0.3, -0.25) is 14.3 Å². The van der Waals surface area contributed by atoms with E-state index in [-0.39, 0.29) is 23.4 Å². The van der Waals surface area contributed by atoms with E-state index in [4.69, 9.17) is 10.7 Å². The summed E-state index contributed by atoms with van der Waals surface area (Å²) >= 11 is 0. The van der Waals surface area contributed by atoms with Crippen LogP contribution in [0.2, 0.25) is 0 Å². The molecule has 1 unspecified atom stereocenters. The van der Waals surface area contributed by atoms with Crippen molar-refractivity contribution in [3.63, 3.8) is 0 Å². The Labute approximate surface area is 204 Å². The molecule has 0 spiro atoms. The van der Waals surface area contributed by atoms with Crippen LogP contribution in [0, 0.1) is 13.8 Å². The van der Waals surface area contributed by atoms with Gasteiger partial charge in [-0.25, -0.2) is 4.98 Å². The molecule has 4 rings (SSSR count). The standard InChI is InChI=1S/C26H31N5O4/c1-15-5-6-18(12-16(15)2)20(13-22(33)34)24-23(25(27)35)21(14-32)31(30-24)11-9-19-8-7-17-4-3-10-28-26(17)29-19/h5-8,12,20,32H,3-4,9-11,13-14H2,1-2H3,(H2,27,35)(H,28,29)(H,33,34). The number of rotatable bonds is 9. The lowest BCUT2D eigenvalue weighted by atomic mass is 9.88. The molecule has 1 atom stereocenters. The van der Waals surface area contributed by atoms with E-state index in [9.17, 15) is 19.8 Å². The van der Waals surface area contributed by atoms with Gasteiger partial charge in [-0.1, -0.05) is 24.3 Å². The van der Waals surface area contributed by atoms with E-state index in [1.165, 1.54) is 5.56 Å². The van der Waals surface area contributed by atoms with Gasteiger partial charge in [-0.05, 0) is 55.0 Å². The zero-order chi connectivity index (χ0) is 25.1. The molecule has 0 saturated carbocycles. The van der Waals surface area contributed by atoms with Gasteiger partial charge in [0.05, 0.1) is 30.0 Å². The van der Waals surface area contributed by atoms with E-state index in [2.05, 4.69) is 16.5 Å². The van der Waals surface area contributed by atoms with Crippen LogP contribution >= 0.6 is 0 Å². The number of hydrogen-bond acceptors (Lipinski definition) is 6. The number of anilines is 1. The molecule has 0 bridgehead atoms. The number of aliphatic hydroxyl groups excluding tert-OH is 1. The molecule has 1 aliphatic heterocycles. The average molecular weight is 478 g/mol. The van der Waals surface area contributed by atoms with Crippen molar-refractivity contribution in [2.45, 2.75) is 58.6 Å². The highest BCUT2D eigenvalue weighted by Gasteiger charge is 2.30. The molecule has 2 aromatic heterocycles. The Morgan fingerprint density at radius 3 is 2.69 bits per heavy atom. The summed E-state index contributed by atoms with van der Waals surface area (Å²) in [6.45, 7) is 4.73. The molecule has 1 aromatic carbocycles. The number of aliphatic carboxylic acids is 1. The zero-order valence-corrected chi connectivity index (χ0v) is 20.0. The lowest BCUT2D eigenvalue weighted by Crippen LogP contribution is -2.18. The quantitative estimate of drug-likeness (QED) is 0.371. The summed E-state index contributed by atoms with van der Waals surface area (Å²) in [7, 11) is 0. The highest BCUT2D eigenvalue weighted by molar-refractivity contribution is 5.95. The van der Waals surface area contributed by atoms with Crippen LogP contribution in [-0.4, -0.2) is 43.4 Å². The second kappa shape index (κ2) is 10.3. The Morgan fingerprint density at radius 2 is 2.00 bits per heavy atom. The second-order valence-electron chi connectivity index (χ2n) is 9.04. The molecule has 0 saturated heterocycles. The van der Waals surface area contributed by atoms with Gasteiger partial charge >= 0.3 is 5.97 Å². The van der Waals surface area contributed by atoms with Gasteiger partial charge in [0.2, 0.25) is 0 Å². The van der Waals surface area contributed by atoms with E-state index in [1.807, 2.05) is 38.1 Å². The SMILES string of the molecule is Cc1ccc(C(CC(=O)O)c2nn(CCc3ccc4c(n3)NCCC4)c(CO)c2C(N)=O)cc1C. The van der Waals surface area contributed by atoms with Crippen LogP contribution in [-0.2, 0) is 30.8 Å². The van der Waals surface area contributed by atoms with Crippen molar-refractivity contribution in [2.75, 3.05) is 11.9 Å². The largest absolute Gasteiger partial charge is 0.481 e. The molecule has 3 aromatic rings. The van der Waals surface area contributed by atoms with Crippen molar-refractivity contribution < 1.29 is 19.8 Å². The number of carboxylic acids is 1. The Kier molecular flexibility index (Phi) is 7.16. The number of fused-ring (bicyclic) bond motifs is 1. The van der Waals surface area contributed by atoms with Crippen molar-refractivity contribution in [2.24, 2.45) is 5.73 Å². The first-order valence-electron chi connectivity index (χ1n) is 11.8. The van der Waals surface area contributed by atoms with Gasteiger partial charge in [0.15, 0.2) is 0 Å². The number of aliphatic hydroxyl groups is 1. The Bertz CT molecular complexity index is 1270. The summed E-state index contributed by atoms with van der Waals surface area (Å²) in [6.07, 6.45) is 2.34. The normalized spacial score (nSPS) is 13.7. The number of nitrogens with one attached hydrogen (secondary N) is 1. The van der Waals surface area contributed by atoms with Crippen molar-refractivity contribution in [1.82, 2.24) is 14.8 Å². The van der Waals surface area contributed by atoms with Crippen LogP contribution in [0.1, 0.15) is 68.5 Å². The molecule has 0 fully saturated rings. The maximum absolute atomic E-state index is 12.5. The third-order valence-corrected chi connectivity index (χ3v) is 6.65. The fraction of sp³-hybridized carbons (Fsp3) is 0.385. The van der Waals surface area contributed by atoms with Crippen LogP contribution in [0.5, 0.6) is 0 Å². The minimum absolute atomic E-state index is 0.0806. The third kappa shape index (κ3) is 5.19. The number of nitrogens with two attached hydrogens (primary N) is 1. The molecule has 0 radical (unpaired) electrons. The molecule has 0 aliphatic carbocycles. The van der Waals surface area contributed by atoms with E-state index in [0.29, 0.717) is 13.0 Å². The van der Waals surface area contributed by atoms with E-state index in [1.54, 1.807) is 4.68 Å². The molecule has 1 aliphatic rings. The van der Waals surface area contributed by atoms with Gasteiger partial charge in [0.25, 0.3) is 5.91 Å². The maximum Gasteiger partial charge on any atom is 0.304 e. The predicted octanol–water partition coefficient (Wildman–Crippen LogP) is 2.69. The number of benzene rings is 1. The predicted molar refractivity (Wildman–Crippen MR) is 131 cm³/mol. The number of nitrogens with zero attached hydrogens (tertiary/aromatic N) is 3. The highest BCUT2D eigenvalue weighted by Crippen LogP contribution is 2.33. The lowest BCUT2D eigenvalue weighted by Gasteiger charge is -2.17. The number of pyridine rings is 1. The molecule has 184 valence electrons. The van der Waals surface area contributed by atoms with Crippen molar-refractivity contribution >= 4 is 17.7 Å². The first-order chi connectivity index (χ1) is 16.8. The fourth-order valence-corrected chi connectivity index (χ4v) is 4.63. The first kappa shape index (κ1) is 24.4. The number of aryl methyl sites for hydroxylation is 5. The Balaban J connectivity index is 1.71. The number of carbonyl (C=O) groups is 2. The summed E-state index contributed by atoms with van der Waals surface area (Å²) in [5, 5.41) is 27.7. The smallest absolute Gasteiger partial charge is 0.304 e. The number of aromatic nitrogens is 3. The van der Waals surface area contributed by atoms with Gasteiger partial charge in [-0.2, -0.15) is 5.10 Å². The van der Waals surface area contributed by atoms with Gasteiger partial charge in [0.1, 0.15) is 5.82 Å². The lowest BCUT2D eigenvalue weighted by molar-refractivity contribution is -0.137. The number of hydrogen-bond donors (Lipinski definition) is 4. The summed E-state index contributed by atoms with van der Waals surface area (Å²) in [4.78, 5) is 29.0. The van der Waals surface area contributed by atoms with E-state index in [0.717, 1.165) is 47.6 Å². The van der Waals surface area contributed by atoms with Gasteiger partial charge < -0.3 is 21.3 Å². The minimum atomic E-state index is -1.02. The first-order valence-corrected chi connectivity index (χ1v) is 11.8. The number of carbonyl (C=O) groups excluding carboxylic acids is 1. The van der Waals surface area contributed by atoms with Gasteiger partial charge in [0, 0.05) is 31.1 Å². The van der Waals surface area contributed by atoms with Crippen molar-refractivity contribution in [3.05, 3.63) is 75.2 Å². The third-order valence-electron chi connectivity index (χ3n) is 6.65. The minimum Gasteiger partial charge on any atom is -0.481 e. The molecular formula is C26H31N5O4. The average Bonchev–Trinajstić information content (AvgIpc) is 3.21. The molecule has 9 heteroatoms. The highest BCUT2D eigenvalue weighted by atomic mass is 16.4. The maximum atomic E-state index is 12.5. The van der Waals surface area contributed by atoms with Crippen molar-refractivity contribution in [1.29, 1.82) is 0 Å². The van der Waals surface area contributed by atoms with Crippen LogP contribution in [0.15, 0.2) is 30.3 Å². The fourth-order valence-electron chi connectivity index (χ4n) is 4.63. The Morgan fingerprint density at radius 1 is 1.20 bits per heavy atom. The summed E-state index contributed by atoms with van der Waals surface area (Å²) in [5.41, 5.74) is 11.2. The van der Waals surface area contributed by atoms with Crippen LogP contribution < -0.4 is 11.1 Å². The van der Waals surface area contributed by atoms with Crippen LogP contribution in [0.25, 0.3) is 0 Å². The number of amides is 1. The summed E-state index contributed by atoms with van der Waals surface area (Å²) in [5.74, 6) is -1.56. The van der Waals surface area contributed by atoms with E-state index >= 15 is 0 Å². The molecule has 3 heterocycles. The molecule has 35 heavy (non-hydrogen) atoms. The molecular weight excluding hydrogens is 446 g/mol.